The molecule has 1 aliphatic heterocycles. The molecule has 1 aliphatic rings. The predicted molar refractivity (Wildman–Crippen MR) is 68.3 cm³/mol. The summed E-state index contributed by atoms with van der Waals surface area (Å²) in [6.07, 6.45) is 1.85. The van der Waals surface area contributed by atoms with Crippen LogP contribution in [0.15, 0.2) is 18.2 Å². The van der Waals surface area contributed by atoms with Crippen molar-refractivity contribution in [1.82, 2.24) is 0 Å². The Morgan fingerprint density at radius 2 is 2.35 bits per heavy atom. The highest BCUT2D eigenvalue weighted by Gasteiger charge is 2.23. The second-order valence-corrected chi connectivity index (χ2v) is 5.49. The lowest BCUT2D eigenvalue weighted by Crippen LogP contribution is -2.29. The van der Waals surface area contributed by atoms with Crippen LogP contribution in [0.5, 0.6) is 5.75 Å². The summed E-state index contributed by atoms with van der Waals surface area (Å²) >= 11 is 3.66. The number of hydrogen-bond acceptors (Lipinski definition) is 2. The van der Waals surface area contributed by atoms with Crippen LogP contribution in [0, 0.1) is 11.7 Å². The molecule has 17 heavy (non-hydrogen) atoms. The van der Waals surface area contributed by atoms with Gasteiger partial charge in [0.2, 0.25) is 0 Å². The summed E-state index contributed by atoms with van der Waals surface area (Å²) in [5.41, 5.74) is 0.989. The van der Waals surface area contributed by atoms with Crippen molar-refractivity contribution in [3.8, 4) is 5.75 Å². The molecule has 0 N–H and O–H groups in total. The van der Waals surface area contributed by atoms with Crippen molar-refractivity contribution in [3.05, 3.63) is 29.6 Å². The van der Waals surface area contributed by atoms with E-state index < -0.39 is 0 Å². The van der Waals surface area contributed by atoms with E-state index in [4.69, 9.17) is 9.47 Å². The molecule has 2 nitrogen and oxygen atoms in total. The number of halogens is 2. The number of methoxy groups -OCH3 is 1. The molecule has 0 saturated carbocycles. The Balaban J connectivity index is 2.05. The van der Waals surface area contributed by atoms with Crippen molar-refractivity contribution in [2.24, 2.45) is 5.92 Å². The lowest BCUT2D eigenvalue weighted by molar-refractivity contribution is 0.0605. The minimum Gasteiger partial charge on any atom is -0.494 e. The minimum absolute atomic E-state index is 0.295. The molecule has 1 fully saturated rings. The van der Waals surface area contributed by atoms with E-state index in [0.29, 0.717) is 16.5 Å². The molecule has 0 radical (unpaired) electrons. The van der Waals surface area contributed by atoms with Gasteiger partial charge in [0.1, 0.15) is 0 Å². The molecule has 1 aromatic rings. The zero-order valence-electron chi connectivity index (χ0n) is 9.79. The van der Waals surface area contributed by atoms with Gasteiger partial charge >= 0.3 is 0 Å². The largest absolute Gasteiger partial charge is 0.494 e. The number of hydrogen-bond donors (Lipinski definition) is 0. The fourth-order valence-corrected chi connectivity index (χ4v) is 2.62. The Labute approximate surface area is 109 Å². The number of benzene rings is 1. The van der Waals surface area contributed by atoms with Crippen molar-refractivity contribution < 1.29 is 13.9 Å². The van der Waals surface area contributed by atoms with Crippen molar-refractivity contribution in [2.45, 2.75) is 17.7 Å². The second-order valence-electron chi connectivity index (χ2n) is 4.31. The Morgan fingerprint density at radius 1 is 1.53 bits per heavy atom. The van der Waals surface area contributed by atoms with Gasteiger partial charge in [-0.05, 0) is 36.5 Å². The van der Waals surface area contributed by atoms with Crippen LogP contribution in [-0.4, -0.2) is 25.2 Å². The topological polar surface area (TPSA) is 18.5 Å². The van der Waals surface area contributed by atoms with Crippen molar-refractivity contribution in [3.63, 3.8) is 0 Å². The van der Waals surface area contributed by atoms with Crippen LogP contribution >= 0.6 is 15.9 Å². The smallest absolute Gasteiger partial charge is 0.165 e. The highest BCUT2D eigenvalue weighted by atomic mass is 79.9. The van der Waals surface area contributed by atoms with Gasteiger partial charge in [0, 0.05) is 11.4 Å². The summed E-state index contributed by atoms with van der Waals surface area (Å²) in [7, 11) is 1.47. The van der Waals surface area contributed by atoms with Crippen LogP contribution in [0.25, 0.3) is 0 Å². The zero-order chi connectivity index (χ0) is 12.3. The fraction of sp³-hybridized carbons (Fsp3) is 0.538. The maximum absolute atomic E-state index is 13.5. The maximum atomic E-state index is 13.5. The van der Waals surface area contributed by atoms with Gasteiger partial charge < -0.3 is 9.47 Å². The van der Waals surface area contributed by atoms with Gasteiger partial charge in [-0.3, -0.25) is 0 Å². The van der Waals surface area contributed by atoms with Gasteiger partial charge in [-0.15, -0.1) is 0 Å². The first-order valence-corrected chi connectivity index (χ1v) is 6.66. The van der Waals surface area contributed by atoms with E-state index in [-0.39, 0.29) is 5.82 Å². The molecular weight excluding hydrogens is 287 g/mol. The average Bonchev–Trinajstić information content (AvgIpc) is 2.32. The number of rotatable bonds is 3. The van der Waals surface area contributed by atoms with Gasteiger partial charge in [0.15, 0.2) is 11.6 Å². The molecule has 0 amide bonds. The second kappa shape index (κ2) is 5.83. The van der Waals surface area contributed by atoms with E-state index in [9.17, 15) is 4.39 Å². The number of alkyl halides is 1. The molecule has 0 bridgehead atoms. The molecule has 94 valence electrons. The molecule has 2 atom stereocenters. The first-order valence-electron chi connectivity index (χ1n) is 5.75. The van der Waals surface area contributed by atoms with Crippen LogP contribution in [0.2, 0.25) is 0 Å². The van der Waals surface area contributed by atoms with E-state index >= 15 is 0 Å². The van der Waals surface area contributed by atoms with Crippen molar-refractivity contribution >= 4 is 15.9 Å². The first kappa shape index (κ1) is 12.8. The summed E-state index contributed by atoms with van der Waals surface area (Å²) in [6.45, 7) is 1.55. The van der Waals surface area contributed by atoms with Crippen molar-refractivity contribution in [2.75, 3.05) is 20.3 Å². The van der Waals surface area contributed by atoms with E-state index in [0.717, 1.165) is 31.6 Å². The van der Waals surface area contributed by atoms with Gasteiger partial charge in [-0.1, -0.05) is 22.0 Å². The minimum atomic E-state index is -0.298. The maximum Gasteiger partial charge on any atom is 0.165 e. The van der Waals surface area contributed by atoms with Gasteiger partial charge in [0.25, 0.3) is 0 Å². The molecular formula is C13H16BrFO2. The Bertz CT molecular complexity index is 384. The molecule has 0 aliphatic carbocycles. The average molecular weight is 303 g/mol. The Morgan fingerprint density at radius 3 is 3.00 bits per heavy atom. The highest BCUT2D eigenvalue weighted by molar-refractivity contribution is 9.09. The number of ether oxygens (including phenoxy) is 2. The van der Waals surface area contributed by atoms with E-state index in [2.05, 4.69) is 15.9 Å². The van der Waals surface area contributed by atoms with Crippen molar-refractivity contribution in [1.29, 1.82) is 0 Å². The summed E-state index contributed by atoms with van der Waals surface area (Å²) in [6, 6.07) is 5.14. The SMILES string of the molecule is COc1ccc(CC2COCCC2Br)cc1F. The quantitative estimate of drug-likeness (QED) is 0.799. The lowest BCUT2D eigenvalue weighted by atomic mass is 9.94. The summed E-state index contributed by atoms with van der Waals surface area (Å²) < 4.78 is 23.9. The summed E-state index contributed by atoms with van der Waals surface area (Å²) in [5, 5.41) is 0. The standard InChI is InChI=1S/C13H16BrFO2/c1-16-13-3-2-9(7-12(13)15)6-10-8-17-5-4-11(10)14/h2-3,7,10-11H,4-6,8H2,1H3. The van der Waals surface area contributed by atoms with E-state index in [1.54, 1.807) is 12.1 Å². The molecule has 2 rings (SSSR count). The molecule has 1 saturated heterocycles. The zero-order valence-corrected chi connectivity index (χ0v) is 11.4. The van der Waals surface area contributed by atoms with Crippen LogP contribution < -0.4 is 4.74 Å². The first-order chi connectivity index (χ1) is 8.20. The predicted octanol–water partition coefficient (Wildman–Crippen LogP) is 3.18. The van der Waals surface area contributed by atoms with Crippen LogP contribution in [0.3, 0.4) is 0 Å². The van der Waals surface area contributed by atoms with Gasteiger partial charge in [0.05, 0.1) is 13.7 Å². The highest BCUT2D eigenvalue weighted by Crippen LogP contribution is 2.27. The van der Waals surface area contributed by atoms with E-state index in [1.807, 2.05) is 6.07 Å². The molecule has 1 heterocycles. The van der Waals surface area contributed by atoms with E-state index in [1.165, 1.54) is 7.11 Å². The summed E-state index contributed by atoms with van der Waals surface area (Å²) in [5.74, 6) is 0.411. The lowest BCUT2D eigenvalue weighted by Gasteiger charge is -2.27. The van der Waals surface area contributed by atoms with Crippen LogP contribution in [0.4, 0.5) is 4.39 Å². The molecule has 2 unspecified atom stereocenters. The molecule has 4 heteroatoms. The molecule has 0 spiro atoms. The van der Waals surface area contributed by atoms with Crippen LogP contribution in [-0.2, 0) is 11.2 Å². The Kier molecular flexibility index (Phi) is 4.40. The Hall–Kier alpha value is -0.610. The monoisotopic (exact) mass is 302 g/mol. The third-order valence-corrected chi connectivity index (χ3v) is 4.30. The normalized spacial score (nSPS) is 24.6. The van der Waals surface area contributed by atoms with Gasteiger partial charge in [-0.2, -0.15) is 0 Å². The summed E-state index contributed by atoms with van der Waals surface area (Å²) in [4.78, 5) is 0.460. The molecule has 1 aromatic carbocycles. The van der Waals surface area contributed by atoms with Crippen LogP contribution in [0.1, 0.15) is 12.0 Å². The third kappa shape index (κ3) is 3.19. The van der Waals surface area contributed by atoms with Gasteiger partial charge in [-0.25, -0.2) is 4.39 Å². The fourth-order valence-electron chi connectivity index (χ4n) is 2.10. The molecule has 0 aromatic heterocycles. The third-order valence-electron chi connectivity index (χ3n) is 3.10.